The van der Waals surface area contributed by atoms with E-state index in [-0.39, 0.29) is 5.69 Å². The molecule has 1 aromatic heterocycles. The van der Waals surface area contributed by atoms with Gasteiger partial charge in [0.15, 0.2) is 11.5 Å². The van der Waals surface area contributed by atoms with Crippen LogP contribution in [0.4, 0.5) is 11.4 Å². The fourth-order valence-corrected chi connectivity index (χ4v) is 1.69. The third kappa shape index (κ3) is 3.04. The lowest BCUT2D eigenvalue weighted by atomic mass is 10.2. The topological polar surface area (TPSA) is 78.6 Å². The average molecular weight is 261 g/mol. The van der Waals surface area contributed by atoms with Crippen LogP contribution in [0.3, 0.4) is 0 Å². The van der Waals surface area contributed by atoms with Gasteiger partial charge in [-0.05, 0) is 12.1 Å². The Hall–Kier alpha value is -2.50. The van der Waals surface area contributed by atoms with E-state index in [1.807, 2.05) is 43.3 Å². The Balaban J connectivity index is 2.08. The monoisotopic (exact) mass is 261 g/mol. The van der Waals surface area contributed by atoms with E-state index in [0.717, 1.165) is 11.4 Å². The summed E-state index contributed by atoms with van der Waals surface area (Å²) in [6.07, 6.45) is 0. The smallest absolute Gasteiger partial charge is 0.358 e. The highest BCUT2D eigenvalue weighted by molar-refractivity contribution is 5.85. The first-order chi connectivity index (χ1) is 9.08. The van der Waals surface area contributed by atoms with Gasteiger partial charge >= 0.3 is 5.97 Å². The van der Waals surface area contributed by atoms with Crippen LogP contribution in [0.25, 0.3) is 0 Å². The molecule has 0 bridgehead atoms. The molecule has 19 heavy (non-hydrogen) atoms. The van der Waals surface area contributed by atoms with Crippen LogP contribution in [0.5, 0.6) is 0 Å². The van der Waals surface area contributed by atoms with E-state index in [1.165, 1.54) is 6.07 Å². The number of nitrogens with zero attached hydrogens (tertiary/aromatic N) is 2. The maximum Gasteiger partial charge on any atom is 0.358 e. The predicted molar refractivity (Wildman–Crippen MR) is 71.6 cm³/mol. The molecule has 2 N–H and O–H groups in total. The van der Waals surface area contributed by atoms with Crippen molar-refractivity contribution >= 4 is 17.3 Å². The van der Waals surface area contributed by atoms with Crippen molar-refractivity contribution in [1.82, 2.24) is 5.16 Å². The highest BCUT2D eigenvalue weighted by Crippen LogP contribution is 2.24. The van der Waals surface area contributed by atoms with Gasteiger partial charge in [-0.2, -0.15) is 0 Å². The maximum absolute atomic E-state index is 10.7. The van der Waals surface area contributed by atoms with E-state index in [0.29, 0.717) is 12.3 Å². The number of hydrogen-bond donors (Lipinski definition) is 2. The van der Waals surface area contributed by atoms with Crippen molar-refractivity contribution in [2.24, 2.45) is 0 Å². The highest BCUT2D eigenvalue weighted by atomic mass is 16.5. The molecule has 0 amide bonds. The lowest BCUT2D eigenvalue weighted by Crippen LogP contribution is -2.11. The van der Waals surface area contributed by atoms with Crippen molar-refractivity contribution in [3.05, 3.63) is 41.8 Å². The van der Waals surface area contributed by atoms with Crippen molar-refractivity contribution in [1.29, 1.82) is 0 Å². The normalized spacial score (nSPS) is 10.2. The van der Waals surface area contributed by atoms with Crippen molar-refractivity contribution in [3.8, 4) is 0 Å². The molecule has 0 aliphatic rings. The Kier molecular flexibility index (Phi) is 3.70. The minimum Gasteiger partial charge on any atom is -0.476 e. The highest BCUT2D eigenvalue weighted by Gasteiger charge is 2.11. The van der Waals surface area contributed by atoms with Crippen molar-refractivity contribution in [2.75, 3.05) is 24.3 Å². The molecule has 0 spiro atoms. The van der Waals surface area contributed by atoms with E-state index < -0.39 is 5.97 Å². The Morgan fingerprint density at radius 2 is 2.16 bits per heavy atom. The summed E-state index contributed by atoms with van der Waals surface area (Å²) in [5.74, 6) is -0.616. The summed E-state index contributed by atoms with van der Waals surface area (Å²) in [6, 6.07) is 9.23. The summed E-state index contributed by atoms with van der Waals surface area (Å²) < 4.78 is 4.94. The molecule has 0 radical (unpaired) electrons. The number of aromatic nitrogens is 1. The van der Waals surface area contributed by atoms with Crippen LogP contribution in [-0.2, 0) is 6.54 Å². The van der Waals surface area contributed by atoms with Crippen molar-refractivity contribution < 1.29 is 14.4 Å². The van der Waals surface area contributed by atoms with E-state index in [9.17, 15) is 4.79 Å². The number of para-hydroxylation sites is 2. The molecule has 0 fully saturated rings. The fourth-order valence-electron chi connectivity index (χ4n) is 1.69. The van der Waals surface area contributed by atoms with Crippen molar-refractivity contribution in [3.63, 3.8) is 0 Å². The van der Waals surface area contributed by atoms with E-state index in [4.69, 9.17) is 9.63 Å². The molecule has 100 valence electrons. The first kappa shape index (κ1) is 12.9. The zero-order valence-electron chi connectivity index (χ0n) is 10.8. The molecule has 0 aliphatic carbocycles. The largest absolute Gasteiger partial charge is 0.476 e. The zero-order valence-corrected chi connectivity index (χ0v) is 10.8. The van der Waals surface area contributed by atoms with Gasteiger partial charge in [-0.15, -0.1) is 0 Å². The molecule has 0 saturated carbocycles. The van der Waals surface area contributed by atoms with Crippen LogP contribution in [0, 0.1) is 0 Å². The SMILES string of the molecule is CN(C)c1ccccc1NCc1cc(C(=O)O)no1. The van der Waals surface area contributed by atoms with E-state index in [2.05, 4.69) is 10.5 Å². The molecular weight excluding hydrogens is 246 g/mol. The number of anilines is 2. The van der Waals surface area contributed by atoms with Crippen LogP contribution in [0.2, 0.25) is 0 Å². The molecule has 0 saturated heterocycles. The summed E-state index contributed by atoms with van der Waals surface area (Å²) >= 11 is 0. The number of hydrogen-bond acceptors (Lipinski definition) is 5. The number of rotatable bonds is 5. The van der Waals surface area contributed by atoms with E-state index in [1.54, 1.807) is 0 Å². The number of carboxylic acids is 1. The minimum atomic E-state index is -1.09. The van der Waals surface area contributed by atoms with Gasteiger partial charge in [0.1, 0.15) is 0 Å². The lowest BCUT2D eigenvalue weighted by molar-refractivity contribution is 0.0685. The van der Waals surface area contributed by atoms with Gasteiger partial charge in [0, 0.05) is 20.2 Å². The summed E-state index contributed by atoms with van der Waals surface area (Å²) in [6.45, 7) is 0.380. The molecule has 0 aliphatic heterocycles. The van der Waals surface area contributed by atoms with Crippen LogP contribution in [0.15, 0.2) is 34.9 Å². The molecule has 2 rings (SSSR count). The van der Waals surface area contributed by atoms with Gasteiger partial charge < -0.3 is 19.8 Å². The molecular formula is C13H15N3O3. The molecule has 6 nitrogen and oxygen atoms in total. The van der Waals surface area contributed by atoms with Crippen LogP contribution >= 0.6 is 0 Å². The molecule has 1 aromatic carbocycles. The van der Waals surface area contributed by atoms with Gasteiger partial charge in [0.05, 0.1) is 17.9 Å². The number of aromatic carboxylic acids is 1. The van der Waals surface area contributed by atoms with Gasteiger partial charge in [0.25, 0.3) is 0 Å². The second-order valence-corrected chi connectivity index (χ2v) is 4.25. The molecule has 2 aromatic rings. The second kappa shape index (κ2) is 5.43. The summed E-state index contributed by atoms with van der Waals surface area (Å²) in [5, 5.41) is 15.4. The Morgan fingerprint density at radius 3 is 2.79 bits per heavy atom. The van der Waals surface area contributed by atoms with Crippen LogP contribution in [-0.4, -0.2) is 30.3 Å². The van der Waals surface area contributed by atoms with Gasteiger partial charge in [-0.1, -0.05) is 17.3 Å². The predicted octanol–water partition coefficient (Wildman–Crippen LogP) is 2.05. The van der Waals surface area contributed by atoms with Crippen molar-refractivity contribution in [2.45, 2.75) is 6.54 Å². The van der Waals surface area contributed by atoms with E-state index >= 15 is 0 Å². The quantitative estimate of drug-likeness (QED) is 0.857. The molecule has 6 heteroatoms. The summed E-state index contributed by atoms with van der Waals surface area (Å²) in [7, 11) is 3.91. The number of carbonyl (C=O) groups is 1. The number of carboxylic acid groups (broad SMARTS) is 1. The maximum atomic E-state index is 10.7. The first-order valence-corrected chi connectivity index (χ1v) is 5.77. The van der Waals surface area contributed by atoms with Gasteiger partial charge in [-0.3, -0.25) is 0 Å². The molecule has 1 heterocycles. The fraction of sp³-hybridized carbons (Fsp3) is 0.231. The van der Waals surface area contributed by atoms with Crippen LogP contribution in [0.1, 0.15) is 16.2 Å². The van der Waals surface area contributed by atoms with Gasteiger partial charge in [0.2, 0.25) is 0 Å². The van der Waals surface area contributed by atoms with Gasteiger partial charge in [-0.25, -0.2) is 4.79 Å². The second-order valence-electron chi connectivity index (χ2n) is 4.25. The van der Waals surface area contributed by atoms with Crippen LogP contribution < -0.4 is 10.2 Å². The standard InChI is InChI=1S/C13H15N3O3/c1-16(2)12-6-4-3-5-10(12)14-8-9-7-11(13(17)18)15-19-9/h3-7,14H,8H2,1-2H3,(H,17,18). The molecule has 0 unspecified atom stereocenters. The Morgan fingerprint density at radius 1 is 1.42 bits per heavy atom. The first-order valence-electron chi connectivity index (χ1n) is 5.77. The summed E-state index contributed by atoms with van der Waals surface area (Å²) in [4.78, 5) is 12.7. The third-order valence-corrected chi connectivity index (χ3v) is 2.62. The Labute approximate surface area is 110 Å². The average Bonchev–Trinajstić information content (AvgIpc) is 2.85. The number of benzene rings is 1. The summed E-state index contributed by atoms with van der Waals surface area (Å²) in [5.41, 5.74) is 1.90. The lowest BCUT2D eigenvalue weighted by Gasteiger charge is -2.17. The minimum absolute atomic E-state index is 0.0855. The zero-order chi connectivity index (χ0) is 13.8. The number of nitrogens with one attached hydrogen (secondary N) is 1. The Bertz CT molecular complexity index is 578. The molecule has 0 atom stereocenters. The third-order valence-electron chi connectivity index (χ3n) is 2.62.